The van der Waals surface area contributed by atoms with Gasteiger partial charge in [0, 0.05) is 21.8 Å². The first-order chi connectivity index (χ1) is 12.7. The Morgan fingerprint density at radius 2 is 1.62 bits per heavy atom. The Hall–Kier alpha value is -1.32. The summed E-state index contributed by atoms with van der Waals surface area (Å²) in [6, 6.07) is 13.1. The molecule has 0 spiro atoms. The summed E-state index contributed by atoms with van der Waals surface area (Å²) in [5.74, 6) is 3.99. The minimum absolute atomic E-state index is 0.456. The molecule has 0 amide bonds. The van der Waals surface area contributed by atoms with Gasteiger partial charge in [-0.2, -0.15) is 0 Å². The molecule has 4 fully saturated rings. The van der Waals surface area contributed by atoms with E-state index in [9.17, 15) is 0 Å². The highest BCUT2D eigenvalue weighted by Gasteiger charge is 2.50. The Morgan fingerprint density at radius 3 is 2.23 bits per heavy atom. The molecule has 0 radical (unpaired) electrons. The smallest absolute Gasteiger partial charge is 0.119 e. The summed E-state index contributed by atoms with van der Waals surface area (Å²) < 4.78 is 5.55. The van der Waals surface area contributed by atoms with Gasteiger partial charge in [0.15, 0.2) is 0 Å². The largest absolute Gasteiger partial charge is 0.494 e. The summed E-state index contributed by atoms with van der Waals surface area (Å²) in [5, 5.41) is 4.02. The molecular weight excluding hydrogens is 338 g/mol. The maximum absolute atomic E-state index is 5.55. The average molecular weight is 368 g/mol. The number of ether oxygens (including phenoxy) is 1. The second kappa shape index (κ2) is 6.69. The molecule has 138 valence electrons. The van der Waals surface area contributed by atoms with E-state index >= 15 is 0 Å². The predicted octanol–water partition coefficient (Wildman–Crippen LogP) is 5.87. The molecule has 0 atom stereocenters. The van der Waals surface area contributed by atoms with E-state index in [1.54, 1.807) is 0 Å². The highest BCUT2D eigenvalue weighted by molar-refractivity contribution is 7.15. The molecule has 1 aromatic heterocycles. The normalized spacial score (nSPS) is 32.1. The zero-order valence-corrected chi connectivity index (χ0v) is 16.5. The SMILES string of the molecule is CCOc1ccc(-c2ccc(CNC34CC5CC(CC(C5)C3)C4)s2)cc1. The van der Waals surface area contributed by atoms with Crippen molar-refractivity contribution in [3.05, 3.63) is 41.3 Å². The second-order valence-corrected chi connectivity index (χ2v) is 9.94. The highest BCUT2D eigenvalue weighted by atomic mass is 32.1. The van der Waals surface area contributed by atoms with Gasteiger partial charge in [-0.05, 0) is 105 Å². The van der Waals surface area contributed by atoms with Crippen LogP contribution in [0.5, 0.6) is 5.75 Å². The van der Waals surface area contributed by atoms with Gasteiger partial charge in [-0.3, -0.25) is 0 Å². The van der Waals surface area contributed by atoms with Gasteiger partial charge in [-0.1, -0.05) is 0 Å². The van der Waals surface area contributed by atoms with Crippen LogP contribution in [0.3, 0.4) is 0 Å². The van der Waals surface area contributed by atoms with Crippen molar-refractivity contribution in [1.82, 2.24) is 5.32 Å². The van der Waals surface area contributed by atoms with Gasteiger partial charge in [0.05, 0.1) is 6.61 Å². The number of benzene rings is 1. The molecule has 2 aromatic rings. The Kier molecular flexibility index (Phi) is 4.33. The number of thiophene rings is 1. The van der Waals surface area contributed by atoms with Gasteiger partial charge in [0.1, 0.15) is 5.75 Å². The summed E-state index contributed by atoms with van der Waals surface area (Å²) in [6.45, 7) is 3.78. The molecule has 1 heterocycles. The molecule has 1 N–H and O–H groups in total. The third kappa shape index (κ3) is 3.20. The van der Waals surface area contributed by atoms with E-state index in [4.69, 9.17) is 4.74 Å². The first kappa shape index (κ1) is 16.8. The van der Waals surface area contributed by atoms with Crippen LogP contribution < -0.4 is 10.1 Å². The van der Waals surface area contributed by atoms with E-state index < -0.39 is 0 Å². The highest BCUT2D eigenvalue weighted by Crippen LogP contribution is 2.55. The summed E-state index contributed by atoms with van der Waals surface area (Å²) in [5.41, 5.74) is 1.75. The van der Waals surface area contributed by atoms with Gasteiger partial charge < -0.3 is 10.1 Å². The maximum Gasteiger partial charge on any atom is 0.119 e. The molecule has 6 rings (SSSR count). The molecule has 0 aliphatic heterocycles. The van der Waals surface area contributed by atoms with Crippen molar-refractivity contribution in [2.75, 3.05) is 6.61 Å². The van der Waals surface area contributed by atoms with Gasteiger partial charge in [-0.25, -0.2) is 0 Å². The first-order valence-corrected chi connectivity index (χ1v) is 11.1. The fourth-order valence-electron chi connectivity index (χ4n) is 6.11. The van der Waals surface area contributed by atoms with Crippen molar-refractivity contribution < 1.29 is 4.74 Å². The van der Waals surface area contributed by atoms with Gasteiger partial charge >= 0.3 is 0 Å². The van der Waals surface area contributed by atoms with Crippen LogP contribution >= 0.6 is 11.3 Å². The lowest BCUT2D eigenvalue weighted by Gasteiger charge is -2.57. The van der Waals surface area contributed by atoms with Gasteiger partial charge in [-0.15, -0.1) is 11.3 Å². The summed E-state index contributed by atoms with van der Waals surface area (Å²) in [4.78, 5) is 2.82. The third-order valence-corrected chi connectivity index (χ3v) is 7.92. The monoisotopic (exact) mass is 367 g/mol. The topological polar surface area (TPSA) is 21.3 Å². The molecule has 4 aliphatic rings. The molecule has 2 nitrogen and oxygen atoms in total. The van der Waals surface area contributed by atoms with Crippen LogP contribution in [0.25, 0.3) is 10.4 Å². The molecule has 0 unspecified atom stereocenters. The minimum Gasteiger partial charge on any atom is -0.494 e. The second-order valence-electron chi connectivity index (χ2n) is 8.77. The molecule has 26 heavy (non-hydrogen) atoms. The Morgan fingerprint density at radius 1 is 0.962 bits per heavy atom. The summed E-state index contributed by atoms with van der Waals surface area (Å²) >= 11 is 1.93. The van der Waals surface area contributed by atoms with Crippen LogP contribution in [0, 0.1) is 17.8 Å². The number of hydrogen-bond donors (Lipinski definition) is 1. The quantitative estimate of drug-likeness (QED) is 0.689. The molecule has 4 aliphatic carbocycles. The van der Waals surface area contributed by atoms with E-state index in [1.165, 1.54) is 53.8 Å². The van der Waals surface area contributed by atoms with Crippen molar-refractivity contribution in [2.24, 2.45) is 17.8 Å². The van der Waals surface area contributed by atoms with Crippen LogP contribution in [0.4, 0.5) is 0 Å². The minimum atomic E-state index is 0.456. The zero-order valence-electron chi connectivity index (χ0n) is 15.7. The predicted molar refractivity (Wildman–Crippen MR) is 109 cm³/mol. The maximum atomic E-state index is 5.55. The fourth-order valence-corrected chi connectivity index (χ4v) is 7.06. The fraction of sp³-hybridized carbons (Fsp3) is 0.565. The van der Waals surface area contributed by atoms with Crippen molar-refractivity contribution in [3.8, 4) is 16.2 Å². The van der Waals surface area contributed by atoms with E-state index in [1.807, 2.05) is 18.3 Å². The third-order valence-electron chi connectivity index (χ3n) is 6.79. The van der Waals surface area contributed by atoms with Crippen molar-refractivity contribution in [2.45, 2.75) is 57.5 Å². The van der Waals surface area contributed by atoms with E-state index in [0.717, 1.165) is 36.7 Å². The standard InChI is InChI=1S/C23H29NOS/c1-2-25-20-5-3-19(4-6-20)22-8-7-21(26-22)15-24-23-12-16-9-17(13-23)11-18(10-16)14-23/h3-8,16-18,24H,2,9-15H2,1H3. The van der Waals surface area contributed by atoms with E-state index in [-0.39, 0.29) is 0 Å². The molecule has 0 saturated heterocycles. The first-order valence-electron chi connectivity index (χ1n) is 10.3. The molecule has 1 aromatic carbocycles. The lowest BCUT2D eigenvalue weighted by molar-refractivity contribution is -0.0204. The van der Waals surface area contributed by atoms with Crippen molar-refractivity contribution in [1.29, 1.82) is 0 Å². The van der Waals surface area contributed by atoms with Crippen LogP contribution in [-0.2, 0) is 6.54 Å². The Labute approximate surface area is 161 Å². The van der Waals surface area contributed by atoms with Crippen molar-refractivity contribution >= 4 is 11.3 Å². The lowest BCUT2D eigenvalue weighted by atomic mass is 9.53. The molecule has 4 bridgehead atoms. The zero-order chi connectivity index (χ0) is 17.6. The van der Waals surface area contributed by atoms with Crippen molar-refractivity contribution in [3.63, 3.8) is 0 Å². The van der Waals surface area contributed by atoms with Crippen LogP contribution in [0.1, 0.15) is 50.3 Å². The van der Waals surface area contributed by atoms with Gasteiger partial charge in [0.2, 0.25) is 0 Å². The Bertz CT molecular complexity index is 727. The summed E-state index contributed by atoms with van der Waals surface area (Å²) in [7, 11) is 0. The van der Waals surface area contributed by atoms with Crippen LogP contribution in [0.2, 0.25) is 0 Å². The van der Waals surface area contributed by atoms with E-state index in [0.29, 0.717) is 5.54 Å². The average Bonchev–Trinajstić information content (AvgIpc) is 3.09. The number of nitrogens with one attached hydrogen (secondary N) is 1. The van der Waals surface area contributed by atoms with E-state index in [2.05, 4.69) is 41.7 Å². The summed E-state index contributed by atoms with van der Waals surface area (Å²) in [6.07, 6.45) is 8.83. The molecule has 4 saturated carbocycles. The Balaban J connectivity index is 1.25. The molecular formula is C23H29NOS. The van der Waals surface area contributed by atoms with Gasteiger partial charge in [0.25, 0.3) is 0 Å². The molecule has 3 heteroatoms. The lowest BCUT2D eigenvalue weighted by Crippen LogP contribution is -2.58. The number of rotatable bonds is 6. The number of hydrogen-bond acceptors (Lipinski definition) is 3. The van der Waals surface area contributed by atoms with Crippen LogP contribution in [-0.4, -0.2) is 12.1 Å². The van der Waals surface area contributed by atoms with Crippen LogP contribution in [0.15, 0.2) is 36.4 Å².